The van der Waals surface area contributed by atoms with E-state index < -0.39 is 13.8 Å². The number of phosphoric acid groups is 1. The summed E-state index contributed by atoms with van der Waals surface area (Å²) in [6, 6.07) is 0. The van der Waals surface area contributed by atoms with Gasteiger partial charge in [-0.3, -0.25) is 9.41 Å². The van der Waals surface area contributed by atoms with Gasteiger partial charge in [-0.2, -0.15) is 0 Å². The van der Waals surface area contributed by atoms with Crippen LogP contribution in [0.5, 0.6) is 0 Å². The molecule has 0 aromatic carbocycles. The van der Waals surface area contributed by atoms with Crippen molar-refractivity contribution < 1.29 is 28.3 Å². The number of phosphoric ester groups is 1. The quantitative estimate of drug-likeness (QED) is 0.303. The highest BCUT2D eigenvalue weighted by molar-refractivity contribution is 7.47. The van der Waals surface area contributed by atoms with Crippen molar-refractivity contribution in [2.45, 2.75) is 6.92 Å². The first-order chi connectivity index (χ1) is 5.52. The topological polar surface area (TPSA) is 82.1 Å². The van der Waals surface area contributed by atoms with Crippen LogP contribution < -0.4 is 0 Å². The fourth-order valence-corrected chi connectivity index (χ4v) is 0.839. The van der Waals surface area contributed by atoms with Gasteiger partial charge in [0.05, 0.1) is 6.61 Å². The number of carbonyl (C=O) groups excluding carboxylic acids is 1. The fourth-order valence-electron chi connectivity index (χ4n) is 0.303. The van der Waals surface area contributed by atoms with Gasteiger partial charge in [0.2, 0.25) is 0 Å². The molecule has 0 fully saturated rings. The predicted octanol–water partition coefficient (Wildman–Crippen LogP) is 0.784. The molecule has 0 aromatic heterocycles. The second-order valence-electron chi connectivity index (χ2n) is 1.57. The van der Waals surface area contributed by atoms with Crippen LogP contribution >= 0.6 is 7.82 Å². The van der Waals surface area contributed by atoms with Crippen LogP contribution in [0.3, 0.4) is 0 Å². The molecule has 0 saturated heterocycles. The first-order valence-corrected chi connectivity index (χ1v) is 4.51. The Labute approximate surface area is 69.3 Å². The maximum absolute atomic E-state index is 10.6. The van der Waals surface area contributed by atoms with Crippen LogP contribution in [0.25, 0.3) is 0 Å². The first-order valence-electron chi connectivity index (χ1n) is 3.02. The van der Waals surface area contributed by atoms with Crippen molar-refractivity contribution in [3.05, 3.63) is 12.7 Å². The zero-order valence-electron chi connectivity index (χ0n) is 6.43. The lowest BCUT2D eigenvalue weighted by Crippen LogP contribution is -2.01. The largest absolute Gasteiger partial charge is 0.508 e. The number of carbonyl (C=O) groups is 1. The Morgan fingerprint density at radius 1 is 1.75 bits per heavy atom. The van der Waals surface area contributed by atoms with E-state index in [0.717, 1.165) is 6.08 Å². The summed E-state index contributed by atoms with van der Waals surface area (Å²) in [5.41, 5.74) is 0. The summed E-state index contributed by atoms with van der Waals surface area (Å²) in [5, 5.41) is 0. The minimum atomic E-state index is -4.25. The van der Waals surface area contributed by atoms with Crippen molar-refractivity contribution in [2.75, 3.05) is 6.61 Å². The highest BCUT2D eigenvalue weighted by Crippen LogP contribution is 2.43. The molecule has 0 aliphatic heterocycles. The van der Waals surface area contributed by atoms with Crippen molar-refractivity contribution in [3.8, 4) is 0 Å². The number of hydrogen-bond acceptors (Lipinski definition) is 5. The molecule has 7 heteroatoms. The van der Waals surface area contributed by atoms with E-state index in [1.807, 2.05) is 0 Å². The van der Waals surface area contributed by atoms with Gasteiger partial charge in [0.25, 0.3) is 0 Å². The Balaban J connectivity index is 3.83. The third kappa shape index (κ3) is 5.03. The number of rotatable bonds is 5. The lowest BCUT2D eigenvalue weighted by atomic mass is 10.7. The van der Waals surface area contributed by atoms with Crippen LogP contribution in [0.4, 0.5) is 0 Å². The van der Waals surface area contributed by atoms with Gasteiger partial charge in [-0.25, -0.2) is 9.36 Å². The van der Waals surface area contributed by atoms with Gasteiger partial charge >= 0.3 is 13.8 Å². The summed E-state index contributed by atoms with van der Waals surface area (Å²) in [6.45, 7) is 4.50. The van der Waals surface area contributed by atoms with Crippen LogP contribution in [-0.4, -0.2) is 17.5 Å². The molecule has 0 bridgehead atoms. The molecule has 0 rings (SSSR count). The minimum Gasteiger partial charge on any atom is -0.300 e. The standard InChI is InChI=1S/C5H9O6P/c1-3-5(6)10-11-12(7,8)9-4-2/h3H,1,4H2,2H3,(H,7,8). The van der Waals surface area contributed by atoms with Gasteiger partial charge < -0.3 is 4.89 Å². The van der Waals surface area contributed by atoms with Crippen molar-refractivity contribution in [1.29, 1.82) is 0 Å². The Bertz CT molecular complexity index is 212. The highest BCUT2D eigenvalue weighted by Gasteiger charge is 2.23. The molecular weight excluding hydrogens is 187 g/mol. The van der Waals surface area contributed by atoms with Crippen molar-refractivity contribution in [3.63, 3.8) is 0 Å². The molecule has 0 radical (unpaired) electrons. The van der Waals surface area contributed by atoms with Gasteiger partial charge in [0, 0.05) is 6.08 Å². The van der Waals surface area contributed by atoms with Crippen LogP contribution in [0.2, 0.25) is 0 Å². The van der Waals surface area contributed by atoms with Gasteiger partial charge in [-0.15, -0.1) is 0 Å². The summed E-state index contributed by atoms with van der Waals surface area (Å²) in [7, 11) is -4.25. The number of hydrogen-bond donors (Lipinski definition) is 1. The summed E-state index contributed by atoms with van der Waals surface area (Å²) in [4.78, 5) is 22.8. The molecule has 0 heterocycles. The minimum absolute atomic E-state index is 0.0284. The van der Waals surface area contributed by atoms with E-state index in [2.05, 4.69) is 20.7 Å². The molecule has 6 nitrogen and oxygen atoms in total. The van der Waals surface area contributed by atoms with Gasteiger partial charge in [0.1, 0.15) is 0 Å². The molecule has 0 saturated carbocycles. The lowest BCUT2D eigenvalue weighted by Gasteiger charge is -2.07. The maximum Gasteiger partial charge on any atom is 0.508 e. The zero-order valence-corrected chi connectivity index (χ0v) is 7.32. The molecule has 0 spiro atoms. The third-order valence-electron chi connectivity index (χ3n) is 0.673. The second-order valence-corrected chi connectivity index (χ2v) is 2.91. The van der Waals surface area contributed by atoms with Gasteiger partial charge in [-0.1, -0.05) is 11.3 Å². The van der Waals surface area contributed by atoms with E-state index in [9.17, 15) is 9.36 Å². The average molecular weight is 196 g/mol. The molecule has 1 atom stereocenters. The Hall–Kier alpha value is -0.680. The highest BCUT2D eigenvalue weighted by atomic mass is 31.2. The summed E-state index contributed by atoms with van der Waals surface area (Å²) in [6.07, 6.45) is 0.784. The average Bonchev–Trinajstić information content (AvgIpc) is 2.00. The Morgan fingerprint density at radius 2 is 2.33 bits per heavy atom. The molecule has 70 valence electrons. The monoisotopic (exact) mass is 196 g/mol. The van der Waals surface area contributed by atoms with Crippen molar-refractivity contribution >= 4 is 13.8 Å². The van der Waals surface area contributed by atoms with E-state index in [-0.39, 0.29) is 6.61 Å². The van der Waals surface area contributed by atoms with Crippen LogP contribution in [-0.2, 0) is 23.4 Å². The van der Waals surface area contributed by atoms with Crippen molar-refractivity contribution in [1.82, 2.24) is 0 Å². The molecule has 0 aliphatic carbocycles. The van der Waals surface area contributed by atoms with Gasteiger partial charge in [-0.05, 0) is 6.92 Å². The fraction of sp³-hybridized carbons (Fsp3) is 0.400. The van der Waals surface area contributed by atoms with Crippen LogP contribution in [0.15, 0.2) is 12.7 Å². The van der Waals surface area contributed by atoms with E-state index in [0.29, 0.717) is 0 Å². The first kappa shape index (κ1) is 11.3. The summed E-state index contributed by atoms with van der Waals surface area (Å²) >= 11 is 0. The molecule has 0 aromatic rings. The zero-order chi connectivity index (χ0) is 9.61. The summed E-state index contributed by atoms with van der Waals surface area (Å²) in [5.74, 6) is -0.969. The summed E-state index contributed by atoms with van der Waals surface area (Å²) < 4.78 is 18.6. The smallest absolute Gasteiger partial charge is 0.300 e. The van der Waals surface area contributed by atoms with Gasteiger partial charge in [0.15, 0.2) is 0 Å². The van der Waals surface area contributed by atoms with E-state index in [1.165, 1.54) is 6.92 Å². The molecule has 0 amide bonds. The van der Waals surface area contributed by atoms with E-state index in [4.69, 9.17) is 4.89 Å². The predicted molar refractivity (Wildman–Crippen MR) is 38.8 cm³/mol. The van der Waals surface area contributed by atoms with Crippen LogP contribution in [0.1, 0.15) is 6.92 Å². The molecule has 1 N–H and O–H groups in total. The lowest BCUT2D eigenvalue weighted by molar-refractivity contribution is -0.217. The van der Waals surface area contributed by atoms with E-state index in [1.54, 1.807) is 0 Å². The maximum atomic E-state index is 10.6. The van der Waals surface area contributed by atoms with Crippen LogP contribution in [0, 0.1) is 0 Å². The third-order valence-corrected chi connectivity index (χ3v) is 1.52. The normalized spacial score (nSPS) is 14.8. The molecule has 1 unspecified atom stereocenters. The molecule has 0 aliphatic rings. The Morgan fingerprint density at radius 3 is 2.75 bits per heavy atom. The molecule has 12 heavy (non-hydrogen) atoms. The van der Waals surface area contributed by atoms with Crippen molar-refractivity contribution in [2.24, 2.45) is 0 Å². The SMILES string of the molecule is C=CC(=O)OOP(=O)(O)OCC. The van der Waals surface area contributed by atoms with E-state index >= 15 is 0 Å². The second kappa shape index (κ2) is 5.05. The molecular formula is C5H9O6P. The Kier molecular flexibility index (Phi) is 4.77.